The normalized spacial score (nSPS) is 10.1. The van der Waals surface area contributed by atoms with Crippen molar-refractivity contribution in [1.82, 2.24) is 14.9 Å². The van der Waals surface area contributed by atoms with Gasteiger partial charge in [-0.15, -0.1) is 0 Å². The molecule has 0 aliphatic carbocycles. The van der Waals surface area contributed by atoms with Crippen molar-refractivity contribution in [3.05, 3.63) is 6.33 Å². The summed E-state index contributed by atoms with van der Waals surface area (Å²) in [4.78, 5) is 22.1. The summed E-state index contributed by atoms with van der Waals surface area (Å²) in [7, 11) is 1.56. The van der Waals surface area contributed by atoms with E-state index in [-0.39, 0.29) is 12.5 Å². The van der Waals surface area contributed by atoms with Crippen LogP contribution in [-0.2, 0) is 4.79 Å². The number of nitrogens with zero attached hydrogens (tertiary/aromatic N) is 3. The minimum absolute atomic E-state index is 0.0312. The van der Waals surface area contributed by atoms with Crippen LogP contribution in [0.5, 0.6) is 5.75 Å². The second-order valence-electron chi connectivity index (χ2n) is 4.45. The zero-order chi connectivity index (χ0) is 15.7. The number of rotatable bonds is 9. The number of carbonyl (C=O) groups excluding carboxylic acids is 1. The molecule has 0 saturated heterocycles. The predicted molar refractivity (Wildman–Crippen MR) is 83.8 cm³/mol. The summed E-state index contributed by atoms with van der Waals surface area (Å²) in [5.74, 6) is 1.71. The molecule has 2 N–H and O–H groups in total. The van der Waals surface area contributed by atoms with Gasteiger partial charge in [0.1, 0.15) is 6.33 Å². The minimum atomic E-state index is 0.0312. The average molecular weight is 295 g/mol. The Bertz CT molecular complexity index is 449. The van der Waals surface area contributed by atoms with Gasteiger partial charge in [-0.1, -0.05) is 6.92 Å². The SMILES string of the molecule is CCCNc1ncnc(NCC(=O)N(CC)CC)c1OC. The Hall–Kier alpha value is -2.05. The summed E-state index contributed by atoms with van der Waals surface area (Å²) in [6.07, 6.45) is 2.43. The number of methoxy groups -OCH3 is 1. The van der Waals surface area contributed by atoms with Crippen LogP contribution >= 0.6 is 0 Å². The number of likely N-dealkylation sites (N-methyl/N-ethyl adjacent to an activating group) is 1. The maximum atomic E-state index is 12.0. The maximum Gasteiger partial charge on any atom is 0.241 e. The van der Waals surface area contributed by atoms with Gasteiger partial charge in [0, 0.05) is 19.6 Å². The van der Waals surface area contributed by atoms with Crippen molar-refractivity contribution in [2.45, 2.75) is 27.2 Å². The van der Waals surface area contributed by atoms with E-state index in [4.69, 9.17) is 4.74 Å². The molecule has 0 aromatic carbocycles. The van der Waals surface area contributed by atoms with E-state index in [1.807, 2.05) is 13.8 Å². The van der Waals surface area contributed by atoms with Crippen molar-refractivity contribution in [3.8, 4) is 5.75 Å². The van der Waals surface area contributed by atoms with Crippen LogP contribution in [0.15, 0.2) is 6.33 Å². The minimum Gasteiger partial charge on any atom is -0.490 e. The Kier molecular flexibility index (Phi) is 7.28. The highest BCUT2D eigenvalue weighted by Gasteiger charge is 2.14. The first-order valence-electron chi connectivity index (χ1n) is 7.32. The highest BCUT2D eigenvalue weighted by Crippen LogP contribution is 2.28. The lowest BCUT2D eigenvalue weighted by molar-refractivity contribution is -0.128. The van der Waals surface area contributed by atoms with E-state index < -0.39 is 0 Å². The maximum absolute atomic E-state index is 12.0. The Morgan fingerprint density at radius 3 is 2.33 bits per heavy atom. The summed E-state index contributed by atoms with van der Waals surface area (Å²) in [6.45, 7) is 8.36. The fraction of sp³-hybridized carbons (Fsp3) is 0.643. The van der Waals surface area contributed by atoms with Gasteiger partial charge in [0.15, 0.2) is 11.6 Å². The summed E-state index contributed by atoms with van der Waals surface area (Å²) in [5, 5.41) is 6.20. The Morgan fingerprint density at radius 2 is 1.81 bits per heavy atom. The van der Waals surface area contributed by atoms with Gasteiger partial charge in [-0.3, -0.25) is 4.79 Å². The molecule has 21 heavy (non-hydrogen) atoms. The monoisotopic (exact) mass is 295 g/mol. The smallest absolute Gasteiger partial charge is 0.241 e. The quantitative estimate of drug-likeness (QED) is 0.720. The second-order valence-corrected chi connectivity index (χ2v) is 4.45. The van der Waals surface area contributed by atoms with Crippen molar-refractivity contribution >= 4 is 17.5 Å². The first kappa shape index (κ1) is 17.0. The van der Waals surface area contributed by atoms with Gasteiger partial charge in [-0.25, -0.2) is 9.97 Å². The molecule has 0 saturated carbocycles. The van der Waals surface area contributed by atoms with Crippen LogP contribution < -0.4 is 15.4 Å². The summed E-state index contributed by atoms with van der Waals surface area (Å²) >= 11 is 0. The standard InChI is InChI=1S/C14H25N5O2/c1-5-8-15-13-12(21-4)14(18-10-17-13)16-9-11(20)19(6-2)7-3/h10H,5-9H2,1-4H3,(H2,15,16,17,18). The van der Waals surface area contributed by atoms with Crippen molar-refractivity contribution in [2.75, 3.05) is 43.9 Å². The lowest BCUT2D eigenvalue weighted by atomic mass is 10.4. The predicted octanol–water partition coefficient (Wildman–Crippen LogP) is 1.59. The van der Waals surface area contributed by atoms with Crippen molar-refractivity contribution in [1.29, 1.82) is 0 Å². The van der Waals surface area contributed by atoms with Gasteiger partial charge >= 0.3 is 0 Å². The fourth-order valence-corrected chi connectivity index (χ4v) is 1.91. The van der Waals surface area contributed by atoms with Gasteiger partial charge in [-0.05, 0) is 20.3 Å². The number of nitrogens with one attached hydrogen (secondary N) is 2. The molecule has 1 amide bonds. The number of hydrogen-bond acceptors (Lipinski definition) is 6. The lowest BCUT2D eigenvalue weighted by Crippen LogP contribution is -2.35. The van der Waals surface area contributed by atoms with Crippen LogP contribution in [0.1, 0.15) is 27.2 Å². The summed E-state index contributed by atoms with van der Waals surface area (Å²) < 4.78 is 5.34. The number of hydrogen-bond donors (Lipinski definition) is 2. The van der Waals surface area contributed by atoms with Crippen molar-refractivity contribution < 1.29 is 9.53 Å². The zero-order valence-electron chi connectivity index (χ0n) is 13.3. The largest absolute Gasteiger partial charge is 0.490 e. The fourth-order valence-electron chi connectivity index (χ4n) is 1.91. The Morgan fingerprint density at radius 1 is 1.19 bits per heavy atom. The number of ether oxygens (including phenoxy) is 1. The van der Waals surface area contributed by atoms with Gasteiger partial charge in [0.05, 0.1) is 13.7 Å². The van der Waals surface area contributed by atoms with Crippen molar-refractivity contribution in [2.24, 2.45) is 0 Å². The molecule has 1 aromatic rings. The molecule has 0 atom stereocenters. The van der Waals surface area contributed by atoms with E-state index in [0.717, 1.165) is 13.0 Å². The molecule has 7 heteroatoms. The van der Waals surface area contributed by atoms with E-state index in [0.29, 0.717) is 30.5 Å². The van der Waals surface area contributed by atoms with Gasteiger partial charge in [0.25, 0.3) is 0 Å². The average Bonchev–Trinajstić information content (AvgIpc) is 2.51. The van der Waals surface area contributed by atoms with E-state index >= 15 is 0 Å². The molecule has 0 radical (unpaired) electrons. The summed E-state index contributed by atoms with van der Waals surface area (Å²) in [6, 6.07) is 0. The second kappa shape index (κ2) is 8.99. The van der Waals surface area contributed by atoms with E-state index in [1.54, 1.807) is 12.0 Å². The Balaban J connectivity index is 2.76. The van der Waals surface area contributed by atoms with Crippen molar-refractivity contribution in [3.63, 3.8) is 0 Å². The molecular formula is C14H25N5O2. The third-order valence-electron chi connectivity index (χ3n) is 3.07. The van der Waals surface area contributed by atoms with Gasteiger partial charge in [0.2, 0.25) is 11.7 Å². The highest BCUT2D eigenvalue weighted by molar-refractivity contribution is 5.81. The number of amides is 1. The van der Waals surface area contributed by atoms with Crippen LogP contribution in [0.4, 0.5) is 11.6 Å². The van der Waals surface area contributed by atoms with Crippen LogP contribution in [0.25, 0.3) is 0 Å². The first-order valence-corrected chi connectivity index (χ1v) is 7.32. The number of carbonyl (C=O) groups is 1. The Labute approximate surface area is 126 Å². The molecule has 0 bridgehead atoms. The third kappa shape index (κ3) is 4.77. The van der Waals surface area contributed by atoms with Crippen LogP contribution in [0, 0.1) is 0 Å². The third-order valence-corrected chi connectivity index (χ3v) is 3.07. The van der Waals surface area contributed by atoms with Gasteiger partial charge < -0.3 is 20.3 Å². The van der Waals surface area contributed by atoms with Gasteiger partial charge in [-0.2, -0.15) is 0 Å². The molecule has 1 heterocycles. The summed E-state index contributed by atoms with van der Waals surface area (Å²) in [5.41, 5.74) is 0. The van der Waals surface area contributed by atoms with Crippen LogP contribution in [0.3, 0.4) is 0 Å². The molecule has 0 fully saturated rings. The van der Waals surface area contributed by atoms with E-state index in [1.165, 1.54) is 6.33 Å². The molecular weight excluding hydrogens is 270 g/mol. The topological polar surface area (TPSA) is 79.4 Å². The number of aromatic nitrogens is 2. The molecule has 1 rings (SSSR count). The molecule has 0 aliphatic heterocycles. The first-order chi connectivity index (χ1) is 10.2. The molecule has 7 nitrogen and oxygen atoms in total. The van der Waals surface area contributed by atoms with Crippen LogP contribution in [-0.4, -0.2) is 54.1 Å². The molecule has 118 valence electrons. The van der Waals surface area contributed by atoms with Crippen LogP contribution in [0.2, 0.25) is 0 Å². The lowest BCUT2D eigenvalue weighted by Gasteiger charge is -2.19. The molecule has 0 spiro atoms. The molecule has 0 aliphatic rings. The number of anilines is 2. The molecule has 0 unspecified atom stereocenters. The van der Waals surface area contributed by atoms with E-state index in [9.17, 15) is 4.79 Å². The zero-order valence-corrected chi connectivity index (χ0v) is 13.3. The highest BCUT2D eigenvalue weighted by atomic mass is 16.5. The van der Waals surface area contributed by atoms with E-state index in [2.05, 4.69) is 27.5 Å². The molecule has 1 aromatic heterocycles.